The second-order valence-electron chi connectivity index (χ2n) is 11.5. The molecule has 0 atom stereocenters. The number of piperazine rings is 1. The van der Waals surface area contributed by atoms with Crippen LogP contribution in [0.3, 0.4) is 0 Å². The first kappa shape index (κ1) is 30.5. The van der Waals surface area contributed by atoms with E-state index in [1.807, 2.05) is 31.4 Å². The number of hydrogen-bond acceptors (Lipinski definition) is 9. The van der Waals surface area contributed by atoms with Crippen LogP contribution in [-0.4, -0.2) is 82.1 Å². The molecule has 0 unspecified atom stereocenters. The molecule has 0 radical (unpaired) electrons. The molecule has 1 amide bonds. The summed E-state index contributed by atoms with van der Waals surface area (Å²) in [6.45, 7) is 8.70. The summed E-state index contributed by atoms with van der Waals surface area (Å²) >= 11 is 0. The number of aliphatic hydroxyl groups excluding tert-OH is 1. The Kier molecular flexibility index (Phi) is 8.99. The Bertz CT molecular complexity index is 1670. The third kappa shape index (κ3) is 6.10. The normalized spacial score (nSPS) is 14.6. The predicted molar refractivity (Wildman–Crippen MR) is 177 cm³/mol. The van der Waals surface area contributed by atoms with E-state index in [1.165, 1.54) is 0 Å². The summed E-state index contributed by atoms with van der Waals surface area (Å²) in [6, 6.07) is 12.3. The number of anilines is 4. The van der Waals surface area contributed by atoms with Crippen LogP contribution < -0.4 is 20.3 Å². The third-order valence-electron chi connectivity index (χ3n) is 8.92. The Hall–Kier alpha value is -4.48. The molecule has 1 fully saturated rings. The monoisotopic (exact) mass is 610 g/mol. The van der Waals surface area contributed by atoms with Crippen LogP contribution in [0.5, 0.6) is 5.75 Å². The smallest absolute Gasteiger partial charge is 0.276 e. The summed E-state index contributed by atoms with van der Waals surface area (Å²) in [7, 11) is 3.52. The van der Waals surface area contributed by atoms with Crippen molar-refractivity contribution in [3.05, 3.63) is 70.5 Å². The number of ether oxygens (including phenoxy) is 1. The standard InChI is InChI=1S/C34H42N8O3/c1-5-22-8-7-9-23(6-2)29(22)37-33(44)31-26-12-10-24-21-35-34(38-30(24)32(26)40(3)39-31)36-27-13-11-25(20-28(27)45-4)42-16-14-41(15-17-42)18-19-43/h7-9,11,13,20-21,43H,5-6,10,12,14-19H2,1-4H3,(H,37,44)(H,35,36,38). The van der Waals surface area contributed by atoms with Crippen molar-refractivity contribution in [1.82, 2.24) is 24.6 Å². The second kappa shape index (κ2) is 13.3. The molecule has 236 valence electrons. The van der Waals surface area contributed by atoms with Crippen LogP contribution in [0.1, 0.15) is 46.6 Å². The lowest BCUT2D eigenvalue weighted by atomic mass is 9.93. The van der Waals surface area contributed by atoms with E-state index in [1.54, 1.807) is 11.8 Å². The first-order valence-electron chi connectivity index (χ1n) is 15.8. The summed E-state index contributed by atoms with van der Waals surface area (Å²) in [4.78, 5) is 27.8. The van der Waals surface area contributed by atoms with Gasteiger partial charge in [-0.25, -0.2) is 9.97 Å². The van der Waals surface area contributed by atoms with Gasteiger partial charge in [-0.05, 0) is 54.5 Å². The number of rotatable bonds is 10. The summed E-state index contributed by atoms with van der Waals surface area (Å²) in [5, 5.41) is 20.5. The number of aliphatic hydroxyl groups is 1. The highest BCUT2D eigenvalue weighted by Crippen LogP contribution is 2.36. The van der Waals surface area contributed by atoms with Gasteiger partial charge in [-0.1, -0.05) is 32.0 Å². The minimum atomic E-state index is -0.196. The zero-order chi connectivity index (χ0) is 31.5. The van der Waals surface area contributed by atoms with E-state index in [0.29, 0.717) is 30.4 Å². The number of amides is 1. The Morgan fingerprint density at radius 1 is 1.04 bits per heavy atom. The van der Waals surface area contributed by atoms with Gasteiger partial charge in [-0.15, -0.1) is 0 Å². The van der Waals surface area contributed by atoms with Gasteiger partial charge in [0.05, 0.1) is 30.8 Å². The van der Waals surface area contributed by atoms with Crippen LogP contribution >= 0.6 is 0 Å². The molecule has 0 saturated carbocycles. The van der Waals surface area contributed by atoms with Gasteiger partial charge in [-0.3, -0.25) is 14.4 Å². The zero-order valence-corrected chi connectivity index (χ0v) is 26.6. The molecule has 11 heteroatoms. The van der Waals surface area contributed by atoms with Gasteiger partial charge in [0.2, 0.25) is 5.95 Å². The maximum Gasteiger partial charge on any atom is 0.276 e. The van der Waals surface area contributed by atoms with Gasteiger partial charge >= 0.3 is 0 Å². The van der Waals surface area contributed by atoms with Crippen LogP contribution in [0.15, 0.2) is 42.6 Å². The number of carbonyl (C=O) groups is 1. The molecular weight excluding hydrogens is 568 g/mol. The van der Waals surface area contributed by atoms with Gasteiger partial charge in [0.1, 0.15) is 5.75 Å². The minimum absolute atomic E-state index is 0.186. The predicted octanol–water partition coefficient (Wildman–Crippen LogP) is 4.22. The average molecular weight is 611 g/mol. The lowest BCUT2D eigenvalue weighted by molar-refractivity contribution is 0.102. The molecule has 2 aliphatic rings. The maximum atomic E-state index is 13.7. The number of nitrogens with one attached hydrogen (secondary N) is 2. The molecule has 3 N–H and O–H groups in total. The Morgan fingerprint density at radius 3 is 2.49 bits per heavy atom. The molecule has 6 rings (SSSR count). The number of β-amino-alcohol motifs (C(OH)–C–C–N with tert-alkyl or cyclic N) is 1. The molecule has 4 aromatic rings. The third-order valence-corrected chi connectivity index (χ3v) is 8.92. The van der Waals surface area contributed by atoms with E-state index < -0.39 is 0 Å². The van der Waals surface area contributed by atoms with Crippen LogP contribution in [0.2, 0.25) is 0 Å². The van der Waals surface area contributed by atoms with Crippen LogP contribution in [0, 0.1) is 0 Å². The lowest BCUT2D eigenvalue weighted by Gasteiger charge is -2.36. The Labute approximate surface area is 264 Å². The van der Waals surface area contributed by atoms with Crippen molar-refractivity contribution < 1.29 is 14.6 Å². The van der Waals surface area contributed by atoms with Crippen molar-refractivity contribution in [2.75, 3.05) is 62.0 Å². The van der Waals surface area contributed by atoms with Gasteiger partial charge in [0, 0.05) is 69.0 Å². The number of hydrogen-bond donors (Lipinski definition) is 3. The van der Waals surface area contributed by atoms with E-state index in [0.717, 1.165) is 96.1 Å². The number of nitrogens with zero attached hydrogens (tertiary/aromatic N) is 6. The van der Waals surface area contributed by atoms with Gasteiger partial charge in [-0.2, -0.15) is 5.10 Å². The highest BCUT2D eigenvalue weighted by Gasteiger charge is 2.29. The highest BCUT2D eigenvalue weighted by atomic mass is 16.5. The largest absolute Gasteiger partial charge is 0.494 e. The summed E-state index contributed by atoms with van der Waals surface area (Å²) < 4.78 is 7.53. The number of aromatic nitrogens is 4. The molecule has 45 heavy (non-hydrogen) atoms. The van der Waals surface area contributed by atoms with Crippen molar-refractivity contribution >= 4 is 28.9 Å². The Balaban J connectivity index is 1.24. The van der Waals surface area contributed by atoms with Crippen molar-refractivity contribution in [1.29, 1.82) is 0 Å². The fourth-order valence-corrected chi connectivity index (χ4v) is 6.45. The quantitative estimate of drug-likeness (QED) is 0.242. The average Bonchev–Trinajstić information content (AvgIpc) is 3.42. The molecule has 3 heterocycles. The van der Waals surface area contributed by atoms with E-state index >= 15 is 0 Å². The summed E-state index contributed by atoms with van der Waals surface area (Å²) in [6.07, 6.45) is 4.94. The molecule has 0 spiro atoms. The second-order valence-corrected chi connectivity index (χ2v) is 11.5. The van der Waals surface area contributed by atoms with E-state index in [-0.39, 0.29) is 12.5 Å². The van der Waals surface area contributed by atoms with Crippen LogP contribution in [-0.2, 0) is 32.7 Å². The SMILES string of the molecule is CCc1cccc(CC)c1NC(=O)c1nn(C)c2c1CCc1cnc(Nc3ccc(N4CCN(CCO)CC4)cc3OC)nc1-2. The number of benzene rings is 2. The summed E-state index contributed by atoms with van der Waals surface area (Å²) in [5.74, 6) is 0.950. The van der Waals surface area contributed by atoms with Crippen LogP contribution in [0.4, 0.5) is 23.0 Å². The maximum absolute atomic E-state index is 13.7. The molecule has 1 aliphatic heterocycles. The van der Waals surface area contributed by atoms with E-state index in [4.69, 9.17) is 14.8 Å². The van der Waals surface area contributed by atoms with Gasteiger partial charge in [0.15, 0.2) is 5.69 Å². The molecule has 0 bridgehead atoms. The fraction of sp³-hybridized carbons (Fsp3) is 0.412. The lowest BCUT2D eigenvalue weighted by Crippen LogP contribution is -2.47. The number of fused-ring (bicyclic) bond motifs is 3. The minimum Gasteiger partial charge on any atom is -0.494 e. The van der Waals surface area contributed by atoms with Crippen molar-refractivity contribution in [3.63, 3.8) is 0 Å². The van der Waals surface area contributed by atoms with Gasteiger partial charge in [0.25, 0.3) is 5.91 Å². The van der Waals surface area contributed by atoms with Crippen molar-refractivity contribution in [2.45, 2.75) is 39.5 Å². The first-order chi connectivity index (χ1) is 21.9. The number of para-hydroxylation sites is 1. The molecule has 2 aromatic carbocycles. The number of carbonyl (C=O) groups excluding carboxylic acids is 1. The molecule has 1 aliphatic carbocycles. The van der Waals surface area contributed by atoms with Crippen molar-refractivity contribution in [2.24, 2.45) is 7.05 Å². The first-order valence-corrected chi connectivity index (χ1v) is 15.8. The zero-order valence-electron chi connectivity index (χ0n) is 26.6. The van der Waals surface area contributed by atoms with Gasteiger partial charge < -0.3 is 25.4 Å². The molecular formula is C34H42N8O3. The topological polar surface area (TPSA) is 121 Å². The molecule has 1 saturated heterocycles. The van der Waals surface area contributed by atoms with E-state index in [2.05, 4.69) is 57.5 Å². The van der Waals surface area contributed by atoms with Crippen LogP contribution in [0.25, 0.3) is 11.4 Å². The van der Waals surface area contributed by atoms with E-state index in [9.17, 15) is 9.90 Å². The number of methoxy groups -OCH3 is 1. The molecule has 11 nitrogen and oxygen atoms in total. The molecule has 2 aromatic heterocycles. The summed E-state index contributed by atoms with van der Waals surface area (Å²) in [5.41, 5.74) is 8.96. The Morgan fingerprint density at radius 2 is 1.80 bits per heavy atom. The number of aryl methyl sites for hydroxylation is 4. The fourth-order valence-electron chi connectivity index (χ4n) is 6.45. The van der Waals surface area contributed by atoms with Crippen molar-refractivity contribution in [3.8, 4) is 17.1 Å². The highest BCUT2D eigenvalue weighted by molar-refractivity contribution is 6.06.